The van der Waals surface area contributed by atoms with Crippen molar-refractivity contribution in [3.63, 3.8) is 0 Å². The van der Waals surface area contributed by atoms with Crippen LogP contribution in [0.2, 0.25) is 0 Å². The van der Waals surface area contributed by atoms with Crippen LogP contribution in [0.4, 0.5) is 0 Å². The predicted octanol–water partition coefficient (Wildman–Crippen LogP) is -1.08. The topological polar surface area (TPSA) is 115 Å². The second-order valence-electron chi connectivity index (χ2n) is 5.60. The molecule has 0 radical (unpaired) electrons. The first-order valence-corrected chi connectivity index (χ1v) is 7.61. The summed E-state index contributed by atoms with van der Waals surface area (Å²) < 4.78 is 5.09. The largest absolute Gasteiger partial charge is 0.497 e. The Morgan fingerprint density at radius 2 is 1.83 bits per heavy atom. The van der Waals surface area contributed by atoms with Crippen LogP contribution in [0.1, 0.15) is 12.0 Å². The van der Waals surface area contributed by atoms with Crippen LogP contribution in [0.3, 0.4) is 0 Å². The molecule has 5 atom stereocenters. The molecule has 0 bridgehead atoms. The maximum absolute atomic E-state index is 10.3. The number of rotatable bonds is 6. The van der Waals surface area contributed by atoms with E-state index in [1.54, 1.807) is 25.5 Å². The number of aliphatic hydroxyl groups is 4. The lowest BCUT2D eigenvalue weighted by Gasteiger charge is -2.41. The summed E-state index contributed by atoms with van der Waals surface area (Å²) in [5.74, 6) is 0.737. The maximum atomic E-state index is 10.3. The summed E-state index contributed by atoms with van der Waals surface area (Å²) in [4.78, 5) is 4.38. The van der Waals surface area contributed by atoms with Crippen molar-refractivity contribution >= 4 is 6.21 Å². The molecule has 128 valence electrons. The summed E-state index contributed by atoms with van der Waals surface area (Å²) >= 11 is 0. The molecule has 0 aliphatic carbocycles. The van der Waals surface area contributed by atoms with Crippen molar-refractivity contribution in [3.05, 3.63) is 29.8 Å². The molecule has 0 saturated carbocycles. The van der Waals surface area contributed by atoms with Gasteiger partial charge in [-0.3, -0.25) is 4.99 Å². The number of ether oxygens (including phenoxy) is 1. The van der Waals surface area contributed by atoms with E-state index < -0.39 is 24.3 Å². The van der Waals surface area contributed by atoms with Gasteiger partial charge in [-0.05, 0) is 36.2 Å². The fraction of sp³-hybridized carbons (Fsp3) is 0.562. The SMILES string of the molecule is COc1ccc(C=NC2C(O)[C@H](O)C(CO)N[C@H]2CCO)cc1. The van der Waals surface area contributed by atoms with Gasteiger partial charge in [0.2, 0.25) is 0 Å². The van der Waals surface area contributed by atoms with Crippen LogP contribution in [0, 0.1) is 0 Å². The Hall–Kier alpha value is -1.51. The highest BCUT2D eigenvalue weighted by molar-refractivity contribution is 5.80. The Morgan fingerprint density at radius 1 is 1.13 bits per heavy atom. The molecule has 1 saturated heterocycles. The van der Waals surface area contributed by atoms with E-state index >= 15 is 0 Å². The van der Waals surface area contributed by atoms with Crippen LogP contribution in [-0.4, -0.2) is 77.3 Å². The maximum Gasteiger partial charge on any atom is 0.118 e. The molecular weight excluding hydrogens is 300 g/mol. The van der Waals surface area contributed by atoms with Crippen molar-refractivity contribution in [1.82, 2.24) is 5.32 Å². The molecule has 2 rings (SSSR count). The van der Waals surface area contributed by atoms with E-state index in [1.165, 1.54) is 0 Å². The molecule has 0 amide bonds. The number of nitrogens with zero attached hydrogens (tertiary/aromatic N) is 1. The van der Waals surface area contributed by atoms with Gasteiger partial charge in [0.05, 0.1) is 31.9 Å². The van der Waals surface area contributed by atoms with Gasteiger partial charge in [0.1, 0.15) is 11.9 Å². The molecule has 1 aliphatic heterocycles. The van der Waals surface area contributed by atoms with Gasteiger partial charge < -0.3 is 30.5 Å². The lowest BCUT2D eigenvalue weighted by Crippen LogP contribution is -2.65. The number of aliphatic imine (C=N–C) groups is 1. The zero-order valence-electron chi connectivity index (χ0n) is 13.0. The first-order valence-electron chi connectivity index (χ1n) is 7.61. The van der Waals surface area contributed by atoms with Gasteiger partial charge in [-0.15, -0.1) is 0 Å². The van der Waals surface area contributed by atoms with Crippen LogP contribution < -0.4 is 10.1 Å². The third kappa shape index (κ3) is 4.27. The molecule has 5 N–H and O–H groups in total. The third-order valence-electron chi connectivity index (χ3n) is 4.10. The highest BCUT2D eigenvalue weighted by Gasteiger charge is 2.42. The van der Waals surface area contributed by atoms with Crippen molar-refractivity contribution in [2.24, 2.45) is 4.99 Å². The number of nitrogens with one attached hydrogen (secondary N) is 1. The molecule has 23 heavy (non-hydrogen) atoms. The van der Waals surface area contributed by atoms with Gasteiger partial charge in [-0.1, -0.05) is 0 Å². The number of benzene rings is 1. The van der Waals surface area contributed by atoms with Crippen LogP contribution in [-0.2, 0) is 0 Å². The van der Waals surface area contributed by atoms with E-state index in [2.05, 4.69) is 10.3 Å². The monoisotopic (exact) mass is 324 g/mol. The van der Waals surface area contributed by atoms with Crippen molar-refractivity contribution in [2.45, 2.75) is 36.8 Å². The van der Waals surface area contributed by atoms with E-state index in [4.69, 9.17) is 4.74 Å². The van der Waals surface area contributed by atoms with E-state index in [-0.39, 0.29) is 19.3 Å². The van der Waals surface area contributed by atoms with Crippen molar-refractivity contribution in [1.29, 1.82) is 0 Å². The number of hydrogen-bond donors (Lipinski definition) is 5. The van der Waals surface area contributed by atoms with E-state index in [0.29, 0.717) is 6.42 Å². The van der Waals surface area contributed by atoms with Crippen molar-refractivity contribution in [3.8, 4) is 5.75 Å². The Morgan fingerprint density at radius 3 is 2.39 bits per heavy atom. The summed E-state index contributed by atoms with van der Waals surface area (Å²) in [5, 5.41) is 41.8. The molecule has 3 unspecified atom stereocenters. The highest BCUT2D eigenvalue weighted by Crippen LogP contribution is 2.21. The Balaban J connectivity index is 2.14. The zero-order chi connectivity index (χ0) is 16.8. The number of hydrogen-bond acceptors (Lipinski definition) is 7. The average molecular weight is 324 g/mol. The molecule has 1 heterocycles. The second-order valence-corrected chi connectivity index (χ2v) is 5.60. The van der Waals surface area contributed by atoms with Crippen LogP contribution >= 0.6 is 0 Å². The number of methoxy groups -OCH3 is 1. The third-order valence-corrected chi connectivity index (χ3v) is 4.10. The molecule has 1 aromatic rings. The van der Waals surface area contributed by atoms with Gasteiger partial charge in [0, 0.05) is 18.9 Å². The summed E-state index contributed by atoms with van der Waals surface area (Å²) in [6.45, 7) is -0.373. The summed E-state index contributed by atoms with van der Waals surface area (Å²) in [5.41, 5.74) is 0.833. The van der Waals surface area contributed by atoms with Crippen molar-refractivity contribution in [2.75, 3.05) is 20.3 Å². The van der Waals surface area contributed by atoms with Crippen LogP contribution in [0.25, 0.3) is 0 Å². The van der Waals surface area contributed by atoms with E-state index in [0.717, 1.165) is 11.3 Å². The van der Waals surface area contributed by atoms with Gasteiger partial charge >= 0.3 is 0 Å². The minimum Gasteiger partial charge on any atom is -0.497 e. The predicted molar refractivity (Wildman–Crippen MR) is 85.9 cm³/mol. The Kier molecular flexibility index (Phi) is 6.49. The second kappa shape index (κ2) is 8.37. The molecular formula is C16H24N2O5. The first-order chi connectivity index (χ1) is 11.1. The van der Waals surface area contributed by atoms with Crippen LogP contribution in [0.15, 0.2) is 29.3 Å². The fourth-order valence-electron chi connectivity index (χ4n) is 2.76. The quantitative estimate of drug-likeness (QED) is 0.425. The van der Waals surface area contributed by atoms with Gasteiger partial charge in [0.15, 0.2) is 0 Å². The molecule has 0 spiro atoms. The zero-order valence-corrected chi connectivity index (χ0v) is 13.0. The lowest BCUT2D eigenvalue weighted by atomic mass is 9.87. The van der Waals surface area contributed by atoms with E-state index in [9.17, 15) is 20.4 Å². The van der Waals surface area contributed by atoms with Gasteiger partial charge in [0.25, 0.3) is 0 Å². The summed E-state index contributed by atoms with van der Waals surface area (Å²) in [6.07, 6.45) is -0.247. The van der Waals surface area contributed by atoms with E-state index in [1.807, 2.05) is 12.1 Å². The highest BCUT2D eigenvalue weighted by atomic mass is 16.5. The standard InChI is InChI=1S/C16H24N2O5/c1-23-11-4-2-10(3-5-11)8-17-14-12(6-7-19)18-13(9-20)15(21)16(14)22/h2-5,8,12-16,18-22H,6-7,9H2,1H3/t12-,13?,14?,15+,16?/m0/s1. The average Bonchev–Trinajstić information content (AvgIpc) is 2.58. The number of piperidine rings is 1. The molecule has 1 fully saturated rings. The molecule has 7 nitrogen and oxygen atoms in total. The minimum absolute atomic E-state index is 0.0762. The molecule has 7 heteroatoms. The first kappa shape index (κ1) is 17.8. The van der Waals surface area contributed by atoms with Crippen molar-refractivity contribution < 1.29 is 25.2 Å². The van der Waals surface area contributed by atoms with Gasteiger partial charge in [-0.25, -0.2) is 0 Å². The summed E-state index contributed by atoms with van der Waals surface area (Å²) in [6, 6.07) is 5.70. The van der Waals surface area contributed by atoms with Crippen LogP contribution in [0.5, 0.6) is 5.75 Å². The molecule has 1 aromatic carbocycles. The lowest BCUT2D eigenvalue weighted by molar-refractivity contribution is -0.0635. The summed E-state index contributed by atoms with van der Waals surface area (Å²) in [7, 11) is 1.59. The fourth-order valence-corrected chi connectivity index (χ4v) is 2.76. The normalized spacial score (nSPS) is 31.4. The minimum atomic E-state index is -1.12. The Bertz CT molecular complexity index is 508. The molecule has 1 aliphatic rings. The smallest absolute Gasteiger partial charge is 0.118 e. The van der Waals surface area contributed by atoms with Gasteiger partial charge in [-0.2, -0.15) is 0 Å². The number of aliphatic hydroxyl groups excluding tert-OH is 4. The molecule has 0 aromatic heterocycles. The Labute approximate surface area is 135 Å².